The Morgan fingerprint density at radius 1 is 1.25 bits per heavy atom. The molecule has 0 saturated heterocycles. The molecule has 0 aliphatic heterocycles. The maximum absolute atomic E-state index is 11.9. The zero-order chi connectivity index (χ0) is 14.6. The van der Waals surface area contributed by atoms with Crippen molar-refractivity contribution in [3.8, 4) is 0 Å². The molecule has 1 aromatic rings. The van der Waals surface area contributed by atoms with Gasteiger partial charge in [0.2, 0.25) is 5.91 Å². The second-order valence-corrected chi connectivity index (χ2v) is 5.95. The van der Waals surface area contributed by atoms with Crippen LogP contribution in [0, 0.1) is 5.41 Å². The van der Waals surface area contributed by atoms with Gasteiger partial charge in [-0.15, -0.1) is 0 Å². The zero-order valence-electron chi connectivity index (χ0n) is 11.0. The Hall–Kier alpha value is -1.40. The van der Waals surface area contributed by atoms with Gasteiger partial charge in [0.15, 0.2) is 0 Å². The van der Waals surface area contributed by atoms with E-state index in [1.165, 1.54) is 0 Å². The number of carbonyl (C=O) groups excluding carboxylic acids is 2. The molecule has 0 spiro atoms. The smallest absolute Gasteiger partial charge is 0.252 e. The summed E-state index contributed by atoms with van der Waals surface area (Å²) in [7, 11) is 0. The maximum atomic E-state index is 11.9. The first kappa shape index (κ1) is 15.0. The van der Waals surface area contributed by atoms with Crippen molar-refractivity contribution in [2.75, 3.05) is 19.7 Å². The molecule has 0 radical (unpaired) electrons. The van der Waals surface area contributed by atoms with Gasteiger partial charge in [-0.05, 0) is 40.9 Å². The van der Waals surface area contributed by atoms with Crippen LogP contribution in [0.3, 0.4) is 0 Å². The van der Waals surface area contributed by atoms with Gasteiger partial charge in [-0.3, -0.25) is 9.59 Å². The molecule has 2 amide bonds. The van der Waals surface area contributed by atoms with Crippen molar-refractivity contribution in [1.29, 1.82) is 0 Å². The highest BCUT2D eigenvalue weighted by molar-refractivity contribution is 9.10. The van der Waals surface area contributed by atoms with Gasteiger partial charge in [-0.1, -0.05) is 12.1 Å². The summed E-state index contributed by atoms with van der Waals surface area (Å²) in [6.45, 7) is 0.492. The van der Waals surface area contributed by atoms with Gasteiger partial charge in [0.25, 0.3) is 5.91 Å². The van der Waals surface area contributed by atoms with Crippen molar-refractivity contribution in [3.63, 3.8) is 0 Å². The van der Waals surface area contributed by atoms with E-state index in [9.17, 15) is 9.59 Å². The van der Waals surface area contributed by atoms with Crippen LogP contribution in [0.15, 0.2) is 28.7 Å². The summed E-state index contributed by atoms with van der Waals surface area (Å²) in [6, 6.07) is 7.03. The van der Waals surface area contributed by atoms with E-state index < -0.39 is 0 Å². The van der Waals surface area contributed by atoms with Gasteiger partial charge < -0.3 is 15.7 Å². The summed E-state index contributed by atoms with van der Waals surface area (Å²) in [5.41, 5.74) is 0.372. The molecule has 108 valence electrons. The minimum absolute atomic E-state index is 0.0678. The molecule has 1 aromatic carbocycles. The van der Waals surface area contributed by atoms with Crippen molar-refractivity contribution in [1.82, 2.24) is 10.6 Å². The number of aliphatic hydroxyl groups excluding tert-OH is 1. The summed E-state index contributed by atoms with van der Waals surface area (Å²) < 4.78 is 0.690. The largest absolute Gasteiger partial charge is 0.396 e. The number of hydrogen-bond acceptors (Lipinski definition) is 3. The minimum Gasteiger partial charge on any atom is -0.396 e. The predicted molar refractivity (Wildman–Crippen MR) is 78.2 cm³/mol. The van der Waals surface area contributed by atoms with E-state index in [2.05, 4.69) is 26.6 Å². The van der Waals surface area contributed by atoms with E-state index in [1.807, 2.05) is 6.07 Å². The van der Waals surface area contributed by atoms with Crippen LogP contribution in [0.25, 0.3) is 0 Å². The molecule has 0 unspecified atom stereocenters. The molecule has 0 heterocycles. The molecule has 2 rings (SSSR count). The Morgan fingerprint density at radius 2 is 1.95 bits per heavy atom. The average molecular weight is 341 g/mol. The van der Waals surface area contributed by atoms with Crippen LogP contribution in [0.4, 0.5) is 0 Å². The summed E-state index contributed by atoms with van der Waals surface area (Å²) >= 11 is 3.29. The number of benzene rings is 1. The van der Waals surface area contributed by atoms with Crippen LogP contribution in [0.1, 0.15) is 23.2 Å². The molecule has 1 fully saturated rings. The fourth-order valence-corrected chi connectivity index (χ4v) is 2.28. The molecular formula is C14H17BrN2O3. The number of halogens is 1. The number of carbonyl (C=O) groups is 2. The van der Waals surface area contributed by atoms with Crippen molar-refractivity contribution in [2.24, 2.45) is 5.41 Å². The zero-order valence-corrected chi connectivity index (χ0v) is 12.6. The summed E-state index contributed by atoms with van der Waals surface area (Å²) in [5, 5.41) is 14.4. The third-order valence-corrected chi connectivity index (χ3v) is 4.17. The lowest BCUT2D eigenvalue weighted by Crippen LogP contribution is -2.40. The summed E-state index contributed by atoms with van der Waals surface area (Å²) in [6.07, 6.45) is 1.88. The van der Waals surface area contributed by atoms with Crippen molar-refractivity contribution < 1.29 is 14.7 Å². The van der Waals surface area contributed by atoms with Gasteiger partial charge in [0.05, 0.1) is 18.7 Å². The normalized spacial score (nSPS) is 15.5. The van der Waals surface area contributed by atoms with Crippen LogP contribution < -0.4 is 10.6 Å². The molecular weight excluding hydrogens is 324 g/mol. The van der Waals surface area contributed by atoms with Crippen LogP contribution in [0.2, 0.25) is 0 Å². The van der Waals surface area contributed by atoms with Crippen LogP contribution in [-0.2, 0) is 4.79 Å². The highest BCUT2D eigenvalue weighted by atomic mass is 79.9. The number of amides is 2. The molecule has 5 nitrogen and oxygen atoms in total. The predicted octanol–water partition coefficient (Wildman–Crippen LogP) is 1.07. The SMILES string of the molecule is O=C(CNC(=O)c1ccccc1Br)NCC1(CO)CC1. The van der Waals surface area contributed by atoms with E-state index >= 15 is 0 Å². The Morgan fingerprint density at radius 3 is 2.55 bits per heavy atom. The third kappa shape index (κ3) is 3.80. The second kappa shape index (κ2) is 6.37. The summed E-state index contributed by atoms with van der Waals surface area (Å²) in [5.74, 6) is -0.541. The van der Waals surface area contributed by atoms with E-state index in [1.54, 1.807) is 18.2 Å². The van der Waals surface area contributed by atoms with Crippen LogP contribution >= 0.6 is 15.9 Å². The highest BCUT2D eigenvalue weighted by Gasteiger charge is 2.41. The lowest BCUT2D eigenvalue weighted by molar-refractivity contribution is -0.120. The van der Waals surface area contributed by atoms with Gasteiger partial charge in [0.1, 0.15) is 0 Å². The van der Waals surface area contributed by atoms with E-state index in [4.69, 9.17) is 5.11 Å². The quantitative estimate of drug-likeness (QED) is 0.724. The first-order valence-corrected chi connectivity index (χ1v) is 7.26. The lowest BCUT2D eigenvalue weighted by atomic mass is 10.1. The van der Waals surface area contributed by atoms with Gasteiger partial charge in [0, 0.05) is 16.4 Å². The number of nitrogens with one attached hydrogen (secondary N) is 2. The maximum Gasteiger partial charge on any atom is 0.252 e. The van der Waals surface area contributed by atoms with Crippen molar-refractivity contribution in [3.05, 3.63) is 34.3 Å². The van der Waals surface area contributed by atoms with Gasteiger partial charge in [-0.25, -0.2) is 0 Å². The van der Waals surface area contributed by atoms with Crippen molar-refractivity contribution in [2.45, 2.75) is 12.8 Å². The summed E-state index contributed by atoms with van der Waals surface area (Å²) in [4.78, 5) is 23.5. The molecule has 1 saturated carbocycles. The van der Waals surface area contributed by atoms with Gasteiger partial charge in [-0.2, -0.15) is 0 Å². The minimum atomic E-state index is -0.295. The number of aliphatic hydroxyl groups is 1. The molecule has 0 aromatic heterocycles. The fraction of sp³-hybridized carbons (Fsp3) is 0.429. The molecule has 6 heteroatoms. The molecule has 20 heavy (non-hydrogen) atoms. The highest BCUT2D eigenvalue weighted by Crippen LogP contribution is 2.44. The Balaban J connectivity index is 1.76. The number of hydrogen-bond donors (Lipinski definition) is 3. The standard InChI is InChI=1S/C14H17BrN2O3/c15-11-4-2-1-3-10(11)13(20)16-7-12(19)17-8-14(9-18)5-6-14/h1-4,18H,5-9H2,(H,16,20)(H,17,19). The van der Waals surface area contributed by atoms with E-state index in [-0.39, 0.29) is 30.4 Å². The van der Waals surface area contributed by atoms with Crippen LogP contribution in [-0.4, -0.2) is 36.6 Å². The first-order valence-electron chi connectivity index (χ1n) is 6.47. The molecule has 0 bridgehead atoms. The fourth-order valence-electron chi connectivity index (χ4n) is 1.82. The van der Waals surface area contributed by atoms with E-state index in [0.29, 0.717) is 16.6 Å². The molecule has 1 aliphatic rings. The average Bonchev–Trinajstić information content (AvgIpc) is 3.24. The third-order valence-electron chi connectivity index (χ3n) is 3.48. The lowest BCUT2D eigenvalue weighted by Gasteiger charge is -2.13. The molecule has 0 atom stereocenters. The molecule has 1 aliphatic carbocycles. The second-order valence-electron chi connectivity index (χ2n) is 5.10. The van der Waals surface area contributed by atoms with E-state index in [0.717, 1.165) is 12.8 Å². The van der Waals surface area contributed by atoms with Crippen molar-refractivity contribution >= 4 is 27.7 Å². The van der Waals surface area contributed by atoms with Crippen LogP contribution in [0.5, 0.6) is 0 Å². The first-order chi connectivity index (χ1) is 9.56. The number of rotatable bonds is 6. The Bertz CT molecular complexity index is 515. The Kier molecular flexibility index (Phi) is 4.77. The Labute approximate surface area is 125 Å². The monoisotopic (exact) mass is 340 g/mol. The topological polar surface area (TPSA) is 78.4 Å². The van der Waals surface area contributed by atoms with Gasteiger partial charge >= 0.3 is 0 Å². The molecule has 3 N–H and O–H groups in total.